The fourth-order valence-electron chi connectivity index (χ4n) is 2.05. The standard InChI is InChI=1S/C11H13Cl2N3O2/c12-9-8(5-14-11(13)15-9)6-16-3-1-7(2-4-16)10(17)18/h5,7H,1-4,6H2,(H,17,18). The maximum Gasteiger partial charge on any atom is 0.306 e. The number of halogens is 2. The van der Waals surface area contributed by atoms with Crippen LogP contribution in [0.5, 0.6) is 0 Å². The Labute approximate surface area is 115 Å². The number of rotatable bonds is 3. The van der Waals surface area contributed by atoms with Crippen LogP contribution in [0, 0.1) is 5.92 Å². The van der Waals surface area contributed by atoms with Crippen molar-refractivity contribution >= 4 is 29.2 Å². The van der Waals surface area contributed by atoms with Crippen LogP contribution in [0.25, 0.3) is 0 Å². The van der Waals surface area contributed by atoms with Gasteiger partial charge in [0, 0.05) is 18.3 Å². The van der Waals surface area contributed by atoms with Gasteiger partial charge in [-0.2, -0.15) is 0 Å². The third kappa shape index (κ3) is 3.31. The highest BCUT2D eigenvalue weighted by Gasteiger charge is 2.24. The molecule has 1 aromatic rings. The van der Waals surface area contributed by atoms with Crippen LogP contribution in [0.1, 0.15) is 18.4 Å². The van der Waals surface area contributed by atoms with Crippen LogP contribution >= 0.6 is 23.2 Å². The van der Waals surface area contributed by atoms with Crippen molar-refractivity contribution in [3.05, 3.63) is 22.2 Å². The highest BCUT2D eigenvalue weighted by molar-refractivity contribution is 6.32. The van der Waals surface area contributed by atoms with E-state index in [0.717, 1.165) is 18.7 Å². The fourth-order valence-corrected chi connectivity index (χ4v) is 2.42. The molecule has 1 N–H and O–H groups in total. The molecule has 1 saturated heterocycles. The van der Waals surface area contributed by atoms with E-state index in [-0.39, 0.29) is 11.2 Å². The molecule has 1 aromatic heterocycles. The second-order valence-electron chi connectivity index (χ2n) is 4.34. The van der Waals surface area contributed by atoms with E-state index in [2.05, 4.69) is 14.9 Å². The average Bonchev–Trinajstić information content (AvgIpc) is 2.33. The SMILES string of the molecule is O=C(O)C1CCN(Cc2cnc(Cl)nc2Cl)CC1. The van der Waals surface area contributed by atoms with Gasteiger partial charge in [0.2, 0.25) is 5.28 Å². The second kappa shape index (κ2) is 5.82. The smallest absolute Gasteiger partial charge is 0.306 e. The lowest BCUT2D eigenvalue weighted by Crippen LogP contribution is -2.35. The third-order valence-corrected chi connectivity index (χ3v) is 3.62. The molecule has 5 nitrogen and oxygen atoms in total. The molecular weight excluding hydrogens is 277 g/mol. The Kier molecular flexibility index (Phi) is 4.37. The normalized spacial score (nSPS) is 17.9. The first-order valence-corrected chi connectivity index (χ1v) is 6.44. The summed E-state index contributed by atoms with van der Waals surface area (Å²) in [6.45, 7) is 2.12. The maximum absolute atomic E-state index is 10.8. The number of carboxylic acids is 1. The topological polar surface area (TPSA) is 66.3 Å². The molecule has 18 heavy (non-hydrogen) atoms. The van der Waals surface area contributed by atoms with Crippen LogP contribution in [0.3, 0.4) is 0 Å². The summed E-state index contributed by atoms with van der Waals surface area (Å²) in [7, 11) is 0. The molecule has 98 valence electrons. The molecule has 0 aliphatic carbocycles. The van der Waals surface area contributed by atoms with E-state index in [1.54, 1.807) is 6.20 Å². The second-order valence-corrected chi connectivity index (χ2v) is 5.04. The van der Waals surface area contributed by atoms with Crippen LogP contribution in [0.2, 0.25) is 10.4 Å². The highest BCUT2D eigenvalue weighted by atomic mass is 35.5. The minimum atomic E-state index is -0.706. The summed E-state index contributed by atoms with van der Waals surface area (Å²) in [5, 5.41) is 9.40. The molecule has 1 aliphatic rings. The zero-order valence-corrected chi connectivity index (χ0v) is 11.2. The van der Waals surface area contributed by atoms with E-state index in [4.69, 9.17) is 28.3 Å². The average molecular weight is 290 g/mol. The number of carbonyl (C=O) groups is 1. The summed E-state index contributed by atoms with van der Waals surface area (Å²) in [4.78, 5) is 20.8. The Bertz CT molecular complexity index is 448. The lowest BCUT2D eigenvalue weighted by atomic mass is 9.97. The molecule has 0 saturated carbocycles. The predicted octanol–water partition coefficient (Wildman–Crippen LogP) is 2.08. The molecule has 0 unspecified atom stereocenters. The van der Waals surface area contributed by atoms with Gasteiger partial charge in [-0.15, -0.1) is 0 Å². The van der Waals surface area contributed by atoms with Crippen LogP contribution in [-0.4, -0.2) is 39.0 Å². The first-order valence-electron chi connectivity index (χ1n) is 5.68. The van der Waals surface area contributed by atoms with Gasteiger partial charge in [-0.3, -0.25) is 9.69 Å². The quantitative estimate of drug-likeness (QED) is 0.682. The molecule has 0 radical (unpaired) electrons. The zero-order valence-electron chi connectivity index (χ0n) is 9.64. The fraction of sp³-hybridized carbons (Fsp3) is 0.545. The van der Waals surface area contributed by atoms with Crippen molar-refractivity contribution < 1.29 is 9.90 Å². The maximum atomic E-state index is 10.8. The van der Waals surface area contributed by atoms with Crippen molar-refractivity contribution in [3.8, 4) is 0 Å². The van der Waals surface area contributed by atoms with Crippen molar-refractivity contribution in [3.63, 3.8) is 0 Å². The van der Waals surface area contributed by atoms with Gasteiger partial charge in [-0.05, 0) is 37.5 Å². The van der Waals surface area contributed by atoms with Crippen LogP contribution < -0.4 is 0 Å². The Morgan fingerprint density at radius 2 is 2.11 bits per heavy atom. The highest BCUT2D eigenvalue weighted by Crippen LogP contribution is 2.21. The number of aliphatic carboxylic acids is 1. The molecule has 0 spiro atoms. The lowest BCUT2D eigenvalue weighted by molar-refractivity contribution is -0.143. The number of hydrogen-bond donors (Lipinski definition) is 1. The Morgan fingerprint density at radius 3 is 2.67 bits per heavy atom. The number of likely N-dealkylation sites (tertiary alicyclic amines) is 1. The number of piperidine rings is 1. The first-order chi connectivity index (χ1) is 8.56. The van der Waals surface area contributed by atoms with Crippen LogP contribution in [0.4, 0.5) is 0 Å². The van der Waals surface area contributed by atoms with Gasteiger partial charge in [-0.25, -0.2) is 9.97 Å². The predicted molar refractivity (Wildman–Crippen MR) is 67.7 cm³/mol. The van der Waals surface area contributed by atoms with E-state index >= 15 is 0 Å². The van der Waals surface area contributed by atoms with E-state index < -0.39 is 5.97 Å². The molecule has 0 bridgehead atoms. The van der Waals surface area contributed by atoms with Crippen molar-refractivity contribution in [1.82, 2.24) is 14.9 Å². The Balaban J connectivity index is 1.93. The summed E-state index contributed by atoms with van der Waals surface area (Å²) in [6.07, 6.45) is 2.95. The zero-order chi connectivity index (χ0) is 13.1. The number of aromatic nitrogens is 2. The summed E-state index contributed by atoms with van der Waals surface area (Å²) in [5.41, 5.74) is 0.815. The molecule has 1 aliphatic heterocycles. The van der Waals surface area contributed by atoms with Gasteiger partial charge in [-0.1, -0.05) is 11.6 Å². The molecule has 7 heteroatoms. The molecule has 0 atom stereocenters. The van der Waals surface area contributed by atoms with Gasteiger partial charge in [0.1, 0.15) is 5.15 Å². The monoisotopic (exact) mass is 289 g/mol. The number of hydrogen-bond acceptors (Lipinski definition) is 4. The van der Waals surface area contributed by atoms with Crippen LogP contribution in [0.15, 0.2) is 6.20 Å². The molecule has 0 amide bonds. The first kappa shape index (κ1) is 13.5. The van der Waals surface area contributed by atoms with E-state index in [1.165, 1.54) is 0 Å². The molecular formula is C11H13Cl2N3O2. The number of carboxylic acid groups (broad SMARTS) is 1. The number of nitrogens with zero attached hydrogens (tertiary/aromatic N) is 3. The van der Waals surface area contributed by atoms with Crippen molar-refractivity contribution in [2.45, 2.75) is 19.4 Å². The Morgan fingerprint density at radius 1 is 1.44 bits per heavy atom. The molecule has 2 rings (SSSR count). The van der Waals surface area contributed by atoms with E-state index in [0.29, 0.717) is 24.5 Å². The van der Waals surface area contributed by atoms with Gasteiger partial charge in [0.25, 0.3) is 0 Å². The van der Waals surface area contributed by atoms with E-state index in [1.807, 2.05) is 0 Å². The summed E-state index contributed by atoms with van der Waals surface area (Å²) >= 11 is 11.6. The van der Waals surface area contributed by atoms with Gasteiger partial charge in [0.05, 0.1) is 5.92 Å². The summed E-state index contributed by atoms with van der Waals surface area (Å²) < 4.78 is 0. The minimum absolute atomic E-state index is 0.133. The van der Waals surface area contributed by atoms with Gasteiger partial charge >= 0.3 is 5.97 Å². The lowest BCUT2D eigenvalue weighted by Gasteiger charge is -2.29. The Hall–Kier alpha value is -0.910. The third-order valence-electron chi connectivity index (χ3n) is 3.11. The van der Waals surface area contributed by atoms with Crippen molar-refractivity contribution in [2.75, 3.05) is 13.1 Å². The van der Waals surface area contributed by atoms with Gasteiger partial charge < -0.3 is 5.11 Å². The van der Waals surface area contributed by atoms with E-state index in [9.17, 15) is 4.79 Å². The molecule has 0 aromatic carbocycles. The van der Waals surface area contributed by atoms with Crippen molar-refractivity contribution in [2.24, 2.45) is 5.92 Å². The van der Waals surface area contributed by atoms with Crippen molar-refractivity contribution in [1.29, 1.82) is 0 Å². The minimum Gasteiger partial charge on any atom is -0.481 e. The molecule has 2 heterocycles. The van der Waals surface area contributed by atoms with Gasteiger partial charge in [0.15, 0.2) is 0 Å². The molecule has 1 fully saturated rings. The summed E-state index contributed by atoms with van der Waals surface area (Å²) in [6, 6.07) is 0. The van der Waals surface area contributed by atoms with Crippen LogP contribution in [-0.2, 0) is 11.3 Å². The summed E-state index contributed by atoms with van der Waals surface area (Å²) in [5.74, 6) is -0.930. The largest absolute Gasteiger partial charge is 0.481 e.